The molecule has 1 saturated heterocycles. The van der Waals surface area contributed by atoms with Crippen molar-refractivity contribution in [2.75, 3.05) is 11.5 Å². The van der Waals surface area contributed by atoms with Gasteiger partial charge in [0.2, 0.25) is 0 Å². The largest absolute Gasteiger partial charge is 0.487 e. The molecule has 0 unspecified atom stereocenters. The Morgan fingerprint density at radius 2 is 1.06 bits per heavy atom. The Morgan fingerprint density at radius 3 is 1.51 bits per heavy atom. The summed E-state index contributed by atoms with van der Waals surface area (Å²) in [5, 5.41) is 29.3. The van der Waals surface area contributed by atoms with Crippen molar-refractivity contribution < 1.29 is 18.9 Å². The summed E-state index contributed by atoms with van der Waals surface area (Å²) in [4.78, 5) is 62.8. The Kier molecular flexibility index (Phi) is 22.2. The molecule has 100 heavy (non-hydrogen) atoms. The van der Waals surface area contributed by atoms with Crippen LogP contribution in [-0.2, 0) is 30.5 Å². The summed E-state index contributed by atoms with van der Waals surface area (Å²) in [6.07, 6.45) is 28.2. The molecule has 2 atom stereocenters. The number of anilines is 2. The Hall–Kier alpha value is -11.9. The summed E-state index contributed by atoms with van der Waals surface area (Å²) < 4.78 is 23.0. The van der Waals surface area contributed by atoms with Crippen LogP contribution in [0.1, 0.15) is 115 Å². The first-order chi connectivity index (χ1) is 47.0. The van der Waals surface area contributed by atoms with Gasteiger partial charge in [0.15, 0.2) is 22.9 Å². The van der Waals surface area contributed by atoms with E-state index in [1.807, 2.05) is 196 Å². The van der Waals surface area contributed by atoms with Crippen molar-refractivity contribution >= 4 is 102 Å². The number of amides is 2. The van der Waals surface area contributed by atoms with Gasteiger partial charge in [-0.05, 0) is 112 Å². The Labute approximate surface area is 584 Å². The maximum atomic E-state index is 14.2. The number of para-hydroxylation sites is 2. The van der Waals surface area contributed by atoms with Gasteiger partial charge >= 0.3 is 7.12 Å². The number of aryl methyl sites for hydroxylation is 3. The number of pyridine rings is 2. The van der Waals surface area contributed by atoms with E-state index in [2.05, 4.69) is 52.0 Å². The zero-order valence-corrected chi connectivity index (χ0v) is 56.5. The number of fused-ring (bicyclic) bond motifs is 4. The SMILES string of the molecule is C.C#Cc1cnn(C)c1.C[C@H](NC(=O)c1c(N)nn2cccnc12)c1cc2cccc(/C=C/c3cnn(C)c3)c2c(=O)n1-c1ccccc1.C[C@H](NC(=O)c1c(N)nn2cccnc12)c1cc2cccc(Cl)c2c(=O)n1-c1ccccc1.Cn1cc(/C=C/B2OC(C)(C)C(C)(C)O2)cn1.[B]. The molecule has 14 rings (SSSR count). The minimum atomic E-state index is -0.558. The summed E-state index contributed by atoms with van der Waals surface area (Å²) in [6, 6.07) is 35.7. The molecule has 0 saturated carbocycles. The van der Waals surface area contributed by atoms with Crippen LogP contribution >= 0.6 is 11.6 Å². The van der Waals surface area contributed by atoms with Crippen LogP contribution < -0.4 is 33.2 Å². The lowest BCUT2D eigenvalue weighted by atomic mass is 9.89. The van der Waals surface area contributed by atoms with Gasteiger partial charge in [0.25, 0.3) is 22.9 Å². The molecule has 1 fully saturated rings. The van der Waals surface area contributed by atoms with Crippen LogP contribution in [0.3, 0.4) is 0 Å². The monoisotopic (exact) mass is 1360 g/mol. The second kappa shape index (κ2) is 30.7. The third-order valence-corrected chi connectivity index (χ3v) is 16.9. The van der Waals surface area contributed by atoms with Crippen molar-refractivity contribution in [3.63, 3.8) is 0 Å². The van der Waals surface area contributed by atoms with Gasteiger partial charge in [-0.25, -0.2) is 19.0 Å². The van der Waals surface area contributed by atoms with E-state index < -0.39 is 23.9 Å². The minimum Gasteiger partial charge on any atom is -0.400 e. The Morgan fingerprint density at radius 1 is 0.610 bits per heavy atom. The zero-order valence-electron chi connectivity index (χ0n) is 55.8. The molecular formula is C73H74B2ClN18O6. The number of carbonyl (C=O) groups excluding carboxylic acids is 2. The molecule has 10 heterocycles. The minimum absolute atomic E-state index is 0. The lowest BCUT2D eigenvalue weighted by molar-refractivity contribution is 0.00578. The average Bonchev–Trinajstić information content (AvgIpc) is 1.11. The van der Waals surface area contributed by atoms with E-state index in [9.17, 15) is 19.2 Å². The molecular weight excluding hydrogens is 1280 g/mol. The lowest BCUT2D eigenvalue weighted by Gasteiger charge is -2.32. The highest BCUT2D eigenvalue weighted by atomic mass is 35.5. The van der Waals surface area contributed by atoms with E-state index in [1.165, 1.54) is 9.03 Å². The molecule has 0 bridgehead atoms. The highest BCUT2D eigenvalue weighted by Crippen LogP contribution is 2.37. The number of nitrogens with one attached hydrogen (secondary N) is 2. The standard InChI is InChI=1S/C30H26N8O2.C24H19ClN6O2.C12H19BN2O2.C6H6N2.CH4.B/c1-19(34-29(39)26-27(31)35-37-15-7-14-32-28(26)37)24-16-22-9-6-8-21(13-12-20-17-33-36(2)18-20)25(22)30(40)38(24)23-10-4-3-5-11-23;1-14(28-23(32)20-21(26)29-30-12-6-11-27-22(20)30)18-13-15-7-5-10-17(25)19(15)24(33)31(18)16-8-3-2-4-9-16;1-11(2)12(3,4)17-13(16-11)7-6-10-8-14-15(5)9-10;1-3-6-4-7-8(2)5-6;;/h3-19H,1-2H3,(H2,31,35)(H,34,39);2-14H,1H3,(H2,26,29)(H,28,32);6-9H,1-5H3;1,4-5H,2H3;1H4;/b13-12+;;7-6+;;;/t19-;14-;;;;/m00..../s1. The van der Waals surface area contributed by atoms with Gasteiger partial charge in [0.05, 0.1) is 63.2 Å². The summed E-state index contributed by atoms with van der Waals surface area (Å²) >= 11 is 6.37. The number of nitrogens with two attached hydrogens (primary N) is 2. The number of terminal acetylenes is 1. The van der Waals surface area contributed by atoms with Crippen LogP contribution in [0.15, 0.2) is 199 Å². The molecule has 4 aromatic carbocycles. The molecule has 27 heteroatoms. The Bertz CT molecular complexity index is 5320. The number of rotatable bonds is 12. The number of hydrogen-bond acceptors (Lipinski definition) is 15. The summed E-state index contributed by atoms with van der Waals surface area (Å²) in [6.45, 7) is 11.8. The number of aromatic nitrogens is 14. The van der Waals surface area contributed by atoms with Crippen molar-refractivity contribution in [3.05, 3.63) is 260 Å². The zero-order chi connectivity index (χ0) is 69.6. The Balaban J connectivity index is 0.000000173. The first-order valence-electron chi connectivity index (χ1n) is 31.1. The third kappa shape index (κ3) is 15.6. The fraction of sp³-hybridized carbons (Fsp3) is 0.192. The number of nitrogen functional groups attached to an aromatic ring is 2. The molecule has 13 aromatic rings. The molecule has 3 radical (unpaired) electrons. The van der Waals surface area contributed by atoms with Crippen molar-refractivity contribution in [2.24, 2.45) is 21.1 Å². The molecule has 1 aliphatic rings. The van der Waals surface area contributed by atoms with E-state index in [-0.39, 0.29) is 68.0 Å². The predicted molar refractivity (Wildman–Crippen MR) is 395 cm³/mol. The highest BCUT2D eigenvalue weighted by molar-refractivity contribution is 6.52. The van der Waals surface area contributed by atoms with Crippen molar-refractivity contribution in [2.45, 2.75) is 72.3 Å². The summed E-state index contributed by atoms with van der Waals surface area (Å²) in [5.41, 5.74) is 18.3. The lowest BCUT2D eigenvalue weighted by Crippen LogP contribution is -2.41. The van der Waals surface area contributed by atoms with Crippen LogP contribution in [0.5, 0.6) is 0 Å². The van der Waals surface area contributed by atoms with Gasteiger partial charge in [-0.15, -0.1) is 16.6 Å². The van der Waals surface area contributed by atoms with Crippen LogP contribution in [0.2, 0.25) is 5.02 Å². The van der Waals surface area contributed by atoms with E-state index in [4.69, 9.17) is 38.8 Å². The molecule has 6 N–H and O–H groups in total. The summed E-state index contributed by atoms with van der Waals surface area (Å²) in [7, 11) is 5.29. The maximum absolute atomic E-state index is 14.2. The third-order valence-electron chi connectivity index (χ3n) is 16.5. The molecule has 24 nitrogen and oxygen atoms in total. The van der Waals surface area contributed by atoms with Gasteiger partial charge in [-0.2, -0.15) is 15.3 Å². The van der Waals surface area contributed by atoms with Crippen molar-refractivity contribution in [1.29, 1.82) is 0 Å². The van der Waals surface area contributed by atoms with E-state index in [0.29, 0.717) is 55.2 Å². The maximum Gasteiger partial charge on any atom is 0.487 e. The molecule has 0 aliphatic carbocycles. The molecule has 9 aromatic heterocycles. The molecule has 1 aliphatic heterocycles. The number of benzene rings is 4. The second-order valence-corrected chi connectivity index (χ2v) is 24.5. The van der Waals surface area contributed by atoms with Crippen LogP contribution in [0.4, 0.5) is 11.6 Å². The smallest absolute Gasteiger partial charge is 0.400 e. The highest BCUT2D eigenvalue weighted by Gasteiger charge is 2.50. The summed E-state index contributed by atoms with van der Waals surface area (Å²) in [5.74, 6) is 3.67. The normalized spacial score (nSPS) is 13.5. The predicted octanol–water partition coefficient (Wildman–Crippen LogP) is 10.5. The number of hydrogen-bond donors (Lipinski definition) is 4. The van der Waals surface area contributed by atoms with Crippen LogP contribution in [0.25, 0.3) is 62.4 Å². The molecule has 505 valence electrons. The van der Waals surface area contributed by atoms with Gasteiger partial charge < -0.3 is 31.4 Å². The van der Waals surface area contributed by atoms with Gasteiger partial charge in [0.1, 0.15) is 11.1 Å². The second-order valence-electron chi connectivity index (χ2n) is 24.1. The van der Waals surface area contributed by atoms with Gasteiger partial charge in [0, 0.05) is 107 Å². The van der Waals surface area contributed by atoms with Crippen molar-refractivity contribution in [3.8, 4) is 23.7 Å². The van der Waals surface area contributed by atoms with Crippen LogP contribution in [-0.4, -0.2) is 106 Å². The number of nitrogens with zero attached hydrogens (tertiary/aromatic N) is 14. The average molecular weight is 1360 g/mol. The molecule has 2 amide bonds. The van der Waals surface area contributed by atoms with Crippen molar-refractivity contribution in [1.82, 2.24) is 78.3 Å². The van der Waals surface area contributed by atoms with Gasteiger partial charge in [-0.1, -0.05) is 116 Å². The van der Waals surface area contributed by atoms with Crippen LogP contribution in [0, 0.1) is 12.3 Å². The molecule has 0 spiro atoms. The first-order valence-corrected chi connectivity index (χ1v) is 31.4. The fourth-order valence-corrected chi connectivity index (χ4v) is 11.3. The van der Waals surface area contributed by atoms with Gasteiger partial charge in [-0.3, -0.25) is 42.4 Å². The number of carbonyl (C=O) groups is 2. The van der Waals surface area contributed by atoms with E-state index in [1.54, 1.807) is 97.7 Å². The van der Waals surface area contributed by atoms with E-state index >= 15 is 0 Å². The fourth-order valence-electron chi connectivity index (χ4n) is 11.0. The quantitative estimate of drug-likeness (QED) is 0.0653. The number of halogens is 1. The first kappa shape index (κ1) is 72.4. The topological polar surface area (TPSA) is 287 Å². The van der Waals surface area contributed by atoms with E-state index in [0.717, 1.165) is 27.6 Å².